The van der Waals surface area contributed by atoms with E-state index in [-0.39, 0.29) is 18.1 Å². The molecule has 14 heavy (non-hydrogen) atoms. The predicted octanol–water partition coefficient (Wildman–Crippen LogP) is 0.294. The van der Waals surface area contributed by atoms with Crippen molar-refractivity contribution >= 4 is 0 Å². The Labute approximate surface area is 78.8 Å². The van der Waals surface area contributed by atoms with Crippen molar-refractivity contribution in [3.8, 4) is 5.69 Å². The number of benzene rings is 1. The van der Waals surface area contributed by atoms with Crippen LogP contribution in [-0.2, 0) is 6.61 Å². The minimum atomic E-state index is -0.436. The van der Waals surface area contributed by atoms with E-state index >= 15 is 0 Å². The number of para-hydroxylation sites is 1. The van der Waals surface area contributed by atoms with Gasteiger partial charge >= 0.3 is 0 Å². The number of aliphatic hydroxyl groups excluding tert-OH is 1. The predicted molar refractivity (Wildman–Crippen MR) is 45.0 cm³/mol. The summed E-state index contributed by atoms with van der Waals surface area (Å²) in [6.45, 7) is -0.311. The Bertz CT molecular complexity index is 442. The van der Waals surface area contributed by atoms with Crippen LogP contribution in [0.15, 0.2) is 24.3 Å². The van der Waals surface area contributed by atoms with E-state index in [0.717, 1.165) is 4.80 Å². The molecule has 72 valence electrons. The molecule has 0 spiro atoms. The molecular weight excluding hydrogens is 187 g/mol. The van der Waals surface area contributed by atoms with Crippen molar-refractivity contribution in [3.63, 3.8) is 0 Å². The maximum atomic E-state index is 13.2. The Balaban J connectivity index is 2.44. The smallest absolute Gasteiger partial charge is 0.200 e. The number of aromatic nitrogens is 4. The van der Waals surface area contributed by atoms with Crippen LogP contribution in [-0.4, -0.2) is 25.3 Å². The molecule has 0 amide bonds. The molecule has 1 aromatic heterocycles. The fraction of sp³-hybridized carbons (Fsp3) is 0.125. The van der Waals surface area contributed by atoms with Crippen molar-refractivity contribution in [1.29, 1.82) is 0 Å². The first-order valence-electron chi connectivity index (χ1n) is 3.96. The standard InChI is InChI=1S/C8H7FN4O/c9-6-3-1-2-4-7(6)13-11-8(5-14)10-12-13/h1-4,14H,5H2. The lowest BCUT2D eigenvalue weighted by atomic mass is 10.3. The van der Waals surface area contributed by atoms with Crippen LogP contribution in [0.5, 0.6) is 0 Å². The maximum Gasteiger partial charge on any atom is 0.200 e. The first kappa shape index (κ1) is 8.76. The molecule has 0 aliphatic rings. The molecule has 0 saturated heterocycles. The van der Waals surface area contributed by atoms with Crippen LogP contribution in [0.25, 0.3) is 5.69 Å². The van der Waals surface area contributed by atoms with Gasteiger partial charge in [0.2, 0.25) is 5.82 Å². The Morgan fingerprint density at radius 2 is 2.14 bits per heavy atom. The quantitative estimate of drug-likeness (QED) is 0.746. The molecule has 2 aromatic rings. The van der Waals surface area contributed by atoms with Gasteiger partial charge in [-0.25, -0.2) is 4.39 Å². The summed E-state index contributed by atoms with van der Waals surface area (Å²) >= 11 is 0. The van der Waals surface area contributed by atoms with Gasteiger partial charge in [-0.15, -0.1) is 15.0 Å². The van der Waals surface area contributed by atoms with Gasteiger partial charge in [-0.3, -0.25) is 0 Å². The summed E-state index contributed by atoms with van der Waals surface area (Å²) in [5.41, 5.74) is 0.208. The van der Waals surface area contributed by atoms with Crippen molar-refractivity contribution in [2.75, 3.05) is 0 Å². The van der Waals surface area contributed by atoms with Crippen molar-refractivity contribution in [3.05, 3.63) is 35.9 Å². The molecule has 0 unspecified atom stereocenters. The van der Waals surface area contributed by atoms with Gasteiger partial charge in [0.15, 0.2) is 5.82 Å². The Hall–Kier alpha value is -1.82. The summed E-state index contributed by atoms with van der Waals surface area (Å²) in [6, 6.07) is 6.07. The number of aliphatic hydroxyl groups is 1. The number of hydrogen-bond acceptors (Lipinski definition) is 4. The molecule has 2 rings (SSSR count). The van der Waals surface area contributed by atoms with Crippen LogP contribution >= 0.6 is 0 Å². The van der Waals surface area contributed by atoms with Crippen LogP contribution in [0.2, 0.25) is 0 Å². The highest BCUT2D eigenvalue weighted by molar-refractivity contribution is 5.30. The van der Waals surface area contributed by atoms with Crippen LogP contribution in [0.4, 0.5) is 4.39 Å². The lowest BCUT2D eigenvalue weighted by Crippen LogP contribution is -2.02. The lowest BCUT2D eigenvalue weighted by molar-refractivity contribution is 0.271. The average Bonchev–Trinajstić information content (AvgIpc) is 2.67. The zero-order chi connectivity index (χ0) is 9.97. The summed E-state index contributed by atoms with van der Waals surface area (Å²) in [7, 11) is 0. The second-order valence-electron chi connectivity index (χ2n) is 2.60. The van der Waals surface area contributed by atoms with Gasteiger partial charge < -0.3 is 5.11 Å². The van der Waals surface area contributed by atoms with E-state index in [1.807, 2.05) is 0 Å². The molecular formula is C8H7FN4O. The van der Waals surface area contributed by atoms with Gasteiger partial charge in [0.1, 0.15) is 12.3 Å². The zero-order valence-corrected chi connectivity index (χ0v) is 7.13. The Morgan fingerprint density at radius 1 is 1.36 bits per heavy atom. The normalized spacial score (nSPS) is 10.4. The molecule has 0 atom stereocenters. The molecule has 0 fully saturated rings. The molecule has 1 aromatic carbocycles. The fourth-order valence-corrected chi connectivity index (χ4v) is 1.02. The monoisotopic (exact) mass is 194 g/mol. The van der Waals surface area contributed by atoms with Gasteiger partial charge in [-0.2, -0.15) is 0 Å². The van der Waals surface area contributed by atoms with E-state index in [1.165, 1.54) is 12.1 Å². The summed E-state index contributed by atoms with van der Waals surface area (Å²) in [5.74, 6) is -0.275. The third-order valence-corrected chi connectivity index (χ3v) is 1.66. The van der Waals surface area contributed by atoms with Gasteiger partial charge in [0.05, 0.1) is 0 Å². The molecule has 0 radical (unpaired) electrons. The van der Waals surface area contributed by atoms with Gasteiger partial charge in [0.25, 0.3) is 0 Å². The first-order valence-corrected chi connectivity index (χ1v) is 3.96. The van der Waals surface area contributed by atoms with E-state index in [0.29, 0.717) is 0 Å². The molecule has 6 heteroatoms. The first-order chi connectivity index (χ1) is 6.81. The number of halogens is 1. The number of rotatable bonds is 2. The van der Waals surface area contributed by atoms with Crippen LogP contribution < -0.4 is 0 Å². The van der Waals surface area contributed by atoms with Gasteiger partial charge in [0, 0.05) is 0 Å². The molecule has 0 aliphatic carbocycles. The van der Waals surface area contributed by atoms with Crippen LogP contribution in [0.1, 0.15) is 5.82 Å². The van der Waals surface area contributed by atoms with Crippen LogP contribution in [0, 0.1) is 5.82 Å². The maximum absolute atomic E-state index is 13.2. The second-order valence-corrected chi connectivity index (χ2v) is 2.60. The summed E-state index contributed by atoms with van der Waals surface area (Å²) in [4.78, 5) is 1.04. The summed E-state index contributed by atoms with van der Waals surface area (Å²) < 4.78 is 13.2. The van der Waals surface area contributed by atoms with Crippen molar-refractivity contribution in [2.45, 2.75) is 6.61 Å². The van der Waals surface area contributed by atoms with E-state index in [1.54, 1.807) is 12.1 Å². The third-order valence-electron chi connectivity index (χ3n) is 1.66. The third kappa shape index (κ3) is 1.47. The lowest BCUT2D eigenvalue weighted by Gasteiger charge is -1.98. The minimum Gasteiger partial charge on any atom is -0.388 e. The summed E-state index contributed by atoms with van der Waals surface area (Å²) in [6.07, 6.45) is 0. The highest BCUT2D eigenvalue weighted by atomic mass is 19.1. The minimum absolute atomic E-state index is 0.160. The molecule has 0 aliphatic heterocycles. The largest absolute Gasteiger partial charge is 0.388 e. The fourth-order valence-electron chi connectivity index (χ4n) is 1.02. The van der Waals surface area contributed by atoms with Crippen molar-refractivity contribution in [2.24, 2.45) is 0 Å². The Morgan fingerprint density at radius 3 is 2.79 bits per heavy atom. The zero-order valence-electron chi connectivity index (χ0n) is 7.13. The van der Waals surface area contributed by atoms with E-state index in [9.17, 15) is 4.39 Å². The number of hydrogen-bond donors (Lipinski definition) is 1. The average molecular weight is 194 g/mol. The molecule has 0 bridgehead atoms. The molecule has 1 N–H and O–H groups in total. The van der Waals surface area contributed by atoms with E-state index < -0.39 is 5.82 Å². The topological polar surface area (TPSA) is 63.8 Å². The van der Waals surface area contributed by atoms with Crippen molar-refractivity contribution in [1.82, 2.24) is 20.2 Å². The highest BCUT2D eigenvalue weighted by Gasteiger charge is 2.07. The van der Waals surface area contributed by atoms with Gasteiger partial charge in [-0.1, -0.05) is 12.1 Å². The number of nitrogens with zero attached hydrogens (tertiary/aromatic N) is 4. The van der Waals surface area contributed by atoms with Gasteiger partial charge in [-0.05, 0) is 17.3 Å². The highest BCUT2D eigenvalue weighted by Crippen LogP contribution is 2.09. The summed E-state index contributed by atoms with van der Waals surface area (Å²) in [5, 5.41) is 19.6. The Kier molecular flexibility index (Phi) is 2.19. The molecule has 5 nitrogen and oxygen atoms in total. The molecule has 1 heterocycles. The van der Waals surface area contributed by atoms with E-state index in [4.69, 9.17) is 5.11 Å². The van der Waals surface area contributed by atoms with Crippen LogP contribution in [0.3, 0.4) is 0 Å². The SMILES string of the molecule is OCc1nnn(-c2ccccc2F)n1. The second kappa shape index (κ2) is 3.51. The van der Waals surface area contributed by atoms with E-state index in [2.05, 4.69) is 15.4 Å². The van der Waals surface area contributed by atoms with Crippen molar-refractivity contribution < 1.29 is 9.50 Å². The molecule has 0 saturated carbocycles. The number of tetrazole rings is 1.